The minimum absolute atomic E-state index is 0.525. The van der Waals surface area contributed by atoms with Gasteiger partial charge in [-0.15, -0.1) is 0 Å². The molecular weight excluding hydrogens is 266 g/mol. The van der Waals surface area contributed by atoms with Crippen LogP contribution in [0.4, 0.5) is 0 Å². The largest absolute Gasteiger partial charge is 0.361 e. The molecule has 1 saturated carbocycles. The normalized spacial score (nSPS) is 28.4. The molecule has 0 amide bonds. The zero-order chi connectivity index (χ0) is 13.8. The molecule has 1 aliphatic carbocycles. The third-order valence-electron chi connectivity index (χ3n) is 5.09. The van der Waals surface area contributed by atoms with Gasteiger partial charge in [0.1, 0.15) is 0 Å². The Labute approximate surface area is 128 Å². The van der Waals surface area contributed by atoms with Gasteiger partial charge < -0.3 is 10.2 Å². The summed E-state index contributed by atoms with van der Waals surface area (Å²) < 4.78 is 0. The van der Waals surface area contributed by atoms with Crippen LogP contribution in [0.2, 0.25) is 0 Å². The average molecular weight is 295 g/mol. The van der Waals surface area contributed by atoms with E-state index in [9.17, 15) is 0 Å². The highest BCUT2D eigenvalue weighted by atomic mass is 32.2. The molecule has 2 heterocycles. The second kappa shape index (κ2) is 6.69. The summed E-state index contributed by atoms with van der Waals surface area (Å²) in [6.07, 6.45) is 9.83. The Morgan fingerprint density at radius 3 is 2.60 bits per heavy atom. The first-order chi connectivity index (χ1) is 9.76. The van der Waals surface area contributed by atoms with Gasteiger partial charge in [-0.3, -0.25) is 4.99 Å². The molecule has 3 rings (SSSR count). The van der Waals surface area contributed by atoms with Gasteiger partial charge in [-0.2, -0.15) is 0 Å². The van der Waals surface area contributed by atoms with Crippen molar-refractivity contribution in [3.8, 4) is 0 Å². The maximum Gasteiger partial charge on any atom is 0.156 e. The number of likely N-dealkylation sites (tertiary alicyclic amines) is 1. The summed E-state index contributed by atoms with van der Waals surface area (Å²) >= 11 is 1.97. The second-order valence-electron chi connectivity index (χ2n) is 7.02. The van der Waals surface area contributed by atoms with Gasteiger partial charge in [0, 0.05) is 24.9 Å². The van der Waals surface area contributed by atoms with Gasteiger partial charge in [-0.05, 0) is 51.1 Å². The fraction of sp³-hybridized carbons (Fsp3) is 0.938. The number of nitrogens with one attached hydrogen (secondary N) is 1. The maximum atomic E-state index is 4.85. The molecule has 0 aromatic carbocycles. The second-order valence-corrected chi connectivity index (χ2v) is 7.99. The number of nitrogens with zero attached hydrogens (tertiary/aromatic N) is 2. The van der Waals surface area contributed by atoms with E-state index in [1.54, 1.807) is 0 Å². The molecule has 2 fully saturated rings. The minimum Gasteiger partial charge on any atom is -0.361 e. The summed E-state index contributed by atoms with van der Waals surface area (Å²) in [6.45, 7) is 7.12. The summed E-state index contributed by atoms with van der Waals surface area (Å²) in [4.78, 5) is 7.45. The molecule has 0 bridgehead atoms. The van der Waals surface area contributed by atoms with E-state index in [-0.39, 0.29) is 0 Å². The zero-order valence-electron chi connectivity index (χ0n) is 12.9. The number of thioether (sulfide) groups is 1. The lowest BCUT2D eigenvalue weighted by molar-refractivity contribution is 0.215. The molecule has 4 heteroatoms. The van der Waals surface area contributed by atoms with E-state index in [2.05, 4.69) is 17.1 Å². The third-order valence-corrected chi connectivity index (χ3v) is 6.37. The number of aliphatic imine (C=N–C) groups is 1. The molecule has 1 spiro atoms. The number of piperidine rings is 1. The van der Waals surface area contributed by atoms with Crippen LogP contribution >= 0.6 is 11.8 Å². The van der Waals surface area contributed by atoms with Crippen LogP contribution in [-0.2, 0) is 0 Å². The predicted molar refractivity (Wildman–Crippen MR) is 88.5 cm³/mol. The van der Waals surface area contributed by atoms with Crippen molar-refractivity contribution in [2.24, 2.45) is 10.4 Å². The Morgan fingerprint density at radius 1 is 1.20 bits per heavy atom. The Morgan fingerprint density at radius 2 is 1.95 bits per heavy atom. The van der Waals surface area contributed by atoms with Crippen LogP contribution in [0.5, 0.6) is 0 Å². The molecule has 0 aromatic rings. The highest BCUT2D eigenvalue weighted by Gasteiger charge is 2.36. The first-order valence-electron chi connectivity index (χ1n) is 8.42. The Hall–Kier alpha value is -0.220. The fourth-order valence-corrected chi connectivity index (χ4v) is 5.12. The van der Waals surface area contributed by atoms with E-state index in [0.717, 1.165) is 6.54 Å². The SMILES string of the molecule is CC(CN1CCCCC1)NC1=NCC2(CCCC2)CS1. The van der Waals surface area contributed by atoms with Crippen molar-refractivity contribution in [3.05, 3.63) is 0 Å². The van der Waals surface area contributed by atoms with Crippen LogP contribution in [0.1, 0.15) is 51.9 Å². The van der Waals surface area contributed by atoms with E-state index >= 15 is 0 Å². The number of amidine groups is 1. The predicted octanol–water partition coefficient (Wildman–Crippen LogP) is 3.11. The van der Waals surface area contributed by atoms with Gasteiger partial charge in [0.05, 0.1) is 0 Å². The highest BCUT2D eigenvalue weighted by Crippen LogP contribution is 2.43. The first-order valence-corrected chi connectivity index (χ1v) is 9.41. The standard InChI is InChI=1S/C16H29N3S/c1-14(11-19-9-5-2-6-10-19)18-15-17-12-16(13-20-15)7-3-4-8-16/h14H,2-13H2,1H3,(H,17,18). The van der Waals surface area contributed by atoms with Gasteiger partial charge in [0.25, 0.3) is 0 Å². The van der Waals surface area contributed by atoms with Crippen molar-refractivity contribution in [2.75, 3.05) is 31.9 Å². The first kappa shape index (κ1) is 14.7. The summed E-state index contributed by atoms with van der Waals surface area (Å²) in [5.74, 6) is 1.29. The van der Waals surface area contributed by atoms with Gasteiger partial charge >= 0.3 is 0 Å². The molecule has 1 atom stereocenters. The lowest BCUT2D eigenvalue weighted by Gasteiger charge is -2.33. The fourth-order valence-electron chi connectivity index (χ4n) is 3.85. The molecule has 20 heavy (non-hydrogen) atoms. The van der Waals surface area contributed by atoms with Crippen molar-refractivity contribution in [1.29, 1.82) is 0 Å². The van der Waals surface area contributed by atoms with Crippen molar-refractivity contribution in [3.63, 3.8) is 0 Å². The molecule has 3 nitrogen and oxygen atoms in total. The Bertz CT molecular complexity index is 344. The van der Waals surface area contributed by atoms with Gasteiger partial charge in [-0.25, -0.2) is 0 Å². The Balaban J connectivity index is 1.44. The van der Waals surface area contributed by atoms with Crippen LogP contribution in [0, 0.1) is 5.41 Å². The van der Waals surface area contributed by atoms with E-state index in [1.165, 1.54) is 75.5 Å². The van der Waals surface area contributed by atoms with Crippen LogP contribution in [-0.4, -0.2) is 48.0 Å². The zero-order valence-corrected chi connectivity index (χ0v) is 13.7. The van der Waals surface area contributed by atoms with Crippen molar-refractivity contribution in [1.82, 2.24) is 10.2 Å². The summed E-state index contributed by atoms with van der Waals surface area (Å²) in [6, 6.07) is 0.525. The molecule has 1 saturated heterocycles. The molecule has 114 valence electrons. The van der Waals surface area contributed by atoms with Crippen LogP contribution in [0.25, 0.3) is 0 Å². The topological polar surface area (TPSA) is 27.6 Å². The monoisotopic (exact) mass is 295 g/mol. The van der Waals surface area contributed by atoms with Crippen molar-refractivity contribution < 1.29 is 0 Å². The maximum absolute atomic E-state index is 4.85. The minimum atomic E-state index is 0.525. The molecule has 3 aliphatic rings. The summed E-state index contributed by atoms with van der Waals surface area (Å²) in [7, 11) is 0. The smallest absolute Gasteiger partial charge is 0.156 e. The van der Waals surface area contributed by atoms with Crippen LogP contribution in [0.15, 0.2) is 4.99 Å². The molecule has 1 N–H and O–H groups in total. The quantitative estimate of drug-likeness (QED) is 0.867. The van der Waals surface area contributed by atoms with Crippen molar-refractivity contribution in [2.45, 2.75) is 57.9 Å². The average Bonchev–Trinajstić information content (AvgIpc) is 2.91. The molecule has 1 unspecified atom stereocenters. The van der Waals surface area contributed by atoms with Crippen LogP contribution < -0.4 is 5.32 Å². The van der Waals surface area contributed by atoms with E-state index in [1.807, 2.05) is 11.8 Å². The molecule has 0 aromatic heterocycles. The van der Waals surface area contributed by atoms with Gasteiger partial charge in [-0.1, -0.05) is 31.0 Å². The number of hydrogen-bond donors (Lipinski definition) is 1. The third kappa shape index (κ3) is 3.70. The van der Waals surface area contributed by atoms with Gasteiger partial charge in [0.15, 0.2) is 5.17 Å². The van der Waals surface area contributed by atoms with Gasteiger partial charge in [0.2, 0.25) is 0 Å². The van der Waals surface area contributed by atoms with Crippen molar-refractivity contribution >= 4 is 16.9 Å². The van der Waals surface area contributed by atoms with E-state index in [0.29, 0.717) is 11.5 Å². The van der Waals surface area contributed by atoms with Crippen LogP contribution in [0.3, 0.4) is 0 Å². The summed E-state index contributed by atoms with van der Waals surface area (Å²) in [5, 5.41) is 4.84. The molecular formula is C16H29N3S. The molecule has 0 radical (unpaired) electrons. The summed E-state index contributed by atoms with van der Waals surface area (Å²) in [5.41, 5.74) is 0.561. The molecule has 2 aliphatic heterocycles. The number of rotatable bonds is 3. The Kier molecular flexibility index (Phi) is 4.92. The van der Waals surface area contributed by atoms with E-state index in [4.69, 9.17) is 4.99 Å². The lowest BCUT2D eigenvalue weighted by Crippen LogP contribution is -2.44. The van der Waals surface area contributed by atoms with E-state index < -0.39 is 0 Å². The number of hydrogen-bond acceptors (Lipinski definition) is 4. The lowest BCUT2D eigenvalue weighted by atomic mass is 9.89. The highest BCUT2D eigenvalue weighted by molar-refractivity contribution is 8.13.